The van der Waals surface area contributed by atoms with Gasteiger partial charge in [-0.25, -0.2) is 0 Å². The summed E-state index contributed by atoms with van der Waals surface area (Å²) in [5.74, 6) is -0.869. The molecule has 98 valence electrons. The SMILES string of the molecule is CC(C)(C)OCC(C)(O[SiH2]O)OC(C)(C)C. The van der Waals surface area contributed by atoms with Crippen LogP contribution in [0.25, 0.3) is 0 Å². The average molecular weight is 250 g/mol. The van der Waals surface area contributed by atoms with Gasteiger partial charge in [-0.05, 0) is 48.5 Å². The molecule has 0 aliphatic heterocycles. The van der Waals surface area contributed by atoms with E-state index in [9.17, 15) is 0 Å². The van der Waals surface area contributed by atoms with Gasteiger partial charge in [0.1, 0.15) is 6.61 Å². The zero-order valence-electron chi connectivity index (χ0n) is 11.6. The van der Waals surface area contributed by atoms with Crippen molar-refractivity contribution in [2.45, 2.75) is 65.5 Å². The second-order valence-corrected chi connectivity index (χ2v) is 6.57. The van der Waals surface area contributed by atoms with E-state index in [0.717, 1.165) is 0 Å². The third-order valence-corrected chi connectivity index (χ3v) is 2.40. The van der Waals surface area contributed by atoms with Crippen molar-refractivity contribution >= 4 is 10.0 Å². The van der Waals surface area contributed by atoms with Crippen molar-refractivity contribution in [1.82, 2.24) is 0 Å². The molecule has 5 heteroatoms. The van der Waals surface area contributed by atoms with Gasteiger partial charge in [0.15, 0.2) is 5.79 Å². The molecule has 1 atom stereocenters. The molecule has 0 aliphatic carbocycles. The van der Waals surface area contributed by atoms with Crippen LogP contribution in [-0.2, 0) is 13.9 Å². The maximum Gasteiger partial charge on any atom is 0.304 e. The summed E-state index contributed by atoms with van der Waals surface area (Å²) in [6, 6.07) is 0. The van der Waals surface area contributed by atoms with Crippen LogP contribution in [0.3, 0.4) is 0 Å². The highest BCUT2D eigenvalue weighted by Gasteiger charge is 2.33. The maximum atomic E-state index is 9.01. The van der Waals surface area contributed by atoms with Crippen LogP contribution in [0.5, 0.6) is 0 Å². The Bertz CT molecular complexity index is 207. The van der Waals surface area contributed by atoms with Crippen molar-refractivity contribution in [3.8, 4) is 0 Å². The van der Waals surface area contributed by atoms with Gasteiger partial charge in [-0.1, -0.05) is 0 Å². The molecule has 0 radical (unpaired) electrons. The summed E-state index contributed by atoms with van der Waals surface area (Å²) in [4.78, 5) is 9.01. The first-order chi connectivity index (χ1) is 6.97. The number of hydrogen-bond acceptors (Lipinski definition) is 4. The van der Waals surface area contributed by atoms with E-state index in [2.05, 4.69) is 0 Å². The maximum absolute atomic E-state index is 9.01. The lowest BCUT2D eigenvalue weighted by atomic mass is 10.1. The van der Waals surface area contributed by atoms with Crippen LogP contribution in [0.2, 0.25) is 0 Å². The lowest BCUT2D eigenvalue weighted by Crippen LogP contribution is -2.46. The molecule has 0 rings (SSSR count). The standard InChI is InChI=1S/C11H26O4Si/c1-9(2,3)13-8-11(7,15-16-12)14-10(4,5)6/h12H,8,16H2,1-7H3. The Morgan fingerprint density at radius 2 is 1.44 bits per heavy atom. The molecule has 0 aromatic heterocycles. The van der Waals surface area contributed by atoms with Gasteiger partial charge in [0.2, 0.25) is 0 Å². The van der Waals surface area contributed by atoms with Gasteiger partial charge in [0.25, 0.3) is 0 Å². The van der Waals surface area contributed by atoms with Gasteiger partial charge < -0.3 is 18.7 Å². The lowest BCUT2D eigenvalue weighted by molar-refractivity contribution is -0.262. The Hall–Kier alpha value is 0.0569. The van der Waals surface area contributed by atoms with Crippen molar-refractivity contribution < 1.29 is 18.7 Å². The van der Waals surface area contributed by atoms with Crippen molar-refractivity contribution in [3.63, 3.8) is 0 Å². The molecule has 16 heavy (non-hydrogen) atoms. The van der Waals surface area contributed by atoms with Crippen LogP contribution < -0.4 is 0 Å². The summed E-state index contributed by atoms with van der Waals surface area (Å²) in [5, 5.41) is 0. The molecule has 0 aromatic rings. The molecule has 1 unspecified atom stereocenters. The lowest BCUT2D eigenvalue weighted by Gasteiger charge is -2.37. The normalized spacial score (nSPS) is 18.0. The largest absolute Gasteiger partial charge is 0.415 e. The Balaban J connectivity index is 4.45. The van der Waals surface area contributed by atoms with Crippen LogP contribution in [0.4, 0.5) is 0 Å². The number of hydrogen-bond donors (Lipinski definition) is 1. The van der Waals surface area contributed by atoms with Crippen LogP contribution in [-0.4, -0.2) is 38.4 Å². The van der Waals surface area contributed by atoms with E-state index in [1.165, 1.54) is 0 Å². The molecular formula is C11H26O4Si. The van der Waals surface area contributed by atoms with E-state index in [1.807, 2.05) is 41.5 Å². The molecule has 0 heterocycles. The molecule has 0 fully saturated rings. The molecule has 4 nitrogen and oxygen atoms in total. The van der Waals surface area contributed by atoms with Crippen LogP contribution in [0, 0.1) is 0 Å². The topological polar surface area (TPSA) is 47.9 Å². The highest BCUT2D eigenvalue weighted by molar-refractivity contribution is 6.16. The van der Waals surface area contributed by atoms with Crippen molar-refractivity contribution in [2.24, 2.45) is 0 Å². The molecule has 0 aromatic carbocycles. The van der Waals surface area contributed by atoms with Crippen LogP contribution in [0.15, 0.2) is 0 Å². The van der Waals surface area contributed by atoms with E-state index in [1.54, 1.807) is 6.92 Å². The third-order valence-electron chi connectivity index (χ3n) is 1.66. The minimum atomic E-state index is -1.53. The van der Waals surface area contributed by atoms with Crippen LogP contribution in [0.1, 0.15) is 48.5 Å². The van der Waals surface area contributed by atoms with E-state index in [-0.39, 0.29) is 11.2 Å². The minimum absolute atomic E-state index is 0.247. The number of rotatable bonds is 5. The summed E-state index contributed by atoms with van der Waals surface area (Å²) in [6.07, 6.45) is 0. The molecule has 0 saturated heterocycles. The van der Waals surface area contributed by atoms with E-state index < -0.39 is 15.8 Å². The monoisotopic (exact) mass is 250 g/mol. The van der Waals surface area contributed by atoms with Gasteiger partial charge in [0, 0.05) is 0 Å². The Morgan fingerprint density at radius 1 is 0.938 bits per heavy atom. The molecular weight excluding hydrogens is 224 g/mol. The van der Waals surface area contributed by atoms with Gasteiger partial charge in [-0.15, -0.1) is 0 Å². The Labute approximate surface area is 101 Å². The Kier molecular flexibility index (Phi) is 5.62. The summed E-state index contributed by atoms with van der Waals surface area (Å²) in [6.45, 7) is 13.9. The first-order valence-electron chi connectivity index (χ1n) is 5.56. The predicted molar refractivity (Wildman–Crippen MR) is 66.8 cm³/mol. The first kappa shape index (κ1) is 16.1. The second-order valence-electron chi connectivity index (χ2n) is 6.02. The van der Waals surface area contributed by atoms with Gasteiger partial charge >= 0.3 is 10.0 Å². The summed E-state index contributed by atoms with van der Waals surface area (Å²) >= 11 is 0. The molecule has 0 saturated carbocycles. The summed E-state index contributed by atoms with van der Waals surface area (Å²) < 4.78 is 16.8. The van der Waals surface area contributed by atoms with Gasteiger partial charge in [-0.3, -0.25) is 0 Å². The highest BCUT2D eigenvalue weighted by Crippen LogP contribution is 2.23. The van der Waals surface area contributed by atoms with Crippen molar-refractivity contribution in [3.05, 3.63) is 0 Å². The van der Waals surface area contributed by atoms with E-state index >= 15 is 0 Å². The Morgan fingerprint density at radius 3 is 1.75 bits per heavy atom. The summed E-state index contributed by atoms with van der Waals surface area (Å²) in [7, 11) is -1.53. The molecule has 0 spiro atoms. The zero-order chi connectivity index (χ0) is 13.0. The van der Waals surface area contributed by atoms with Crippen molar-refractivity contribution in [2.75, 3.05) is 6.61 Å². The molecule has 1 N–H and O–H groups in total. The highest BCUT2D eigenvalue weighted by atomic mass is 28.2. The van der Waals surface area contributed by atoms with Gasteiger partial charge in [0.05, 0.1) is 11.2 Å². The summed E-state index contributed by atoms with van der Waals surface area (Å²) in [5.41, 5.74) is -0.581. The third kappa shape index (κ3) is 8.24. The van der Waals surface area contributed by atoms with Crippen molar-refractivity contribution in [1.29, 1.82) is 0 Å². The molecule has 0 amide bonds. The molecule has 0 aliphatic rings. The van der Waals surface area contributed by atoms with Crippen LogP contribution >= 0.6 is 0 Å². The van der Waals surface area contributed by atoms with Gasteiger partial charge in [-0.2, -0.15) is 0 Å². The number of ether oxygens (including phenoxy) is 2. The average Bonchev–Trinajstić information content (AvgIpc) is 1.96. The smallest absolute Gasteiger partial charge is 0.304 e. The minimum Gasteiger partial charge on any atom is -0.415 e. The molecule has 0 bridgehead atoms. The predicted octanol–water partition coefficient (Wildman–Crippen LogP) is 1.34. The fourth-order valence-electron chi connectivity index (χ4n) is 1.23. The first-order valence-corrected chi connectivity index (χ1v) is 6.77. The fourth-order valence-corrected chi connectivity index (χ4v) is 1.65. The second kappa shape index (κ2) is 5.60. The quantitative estimate of drug-likeness (QED) is 0.591. The van der Waals surface area contributed by atoms with E-state index in [4.69, 9.17) is 18.7 Å². The zero-order valence-corrected chi connectivity index (χ0v) is 13.0. The fraction of sp³-hybridized carbons (Fsp3) is 1.00. The van der Waals surface area contributed by atoms with E-state index in [0.29, 0.717) is 6.61 Å².